The average Bonchev–Trinajstić information content (AvgIpc) is 2.54. The van der Waals surface area contributed by atoms with Crippen LogP contribution in [0.3, 0.4) is 0 Å². The predicted octanol–water partition coefficient (Wildman–Crippen LogP) is 2.81. The van der Waals surface area contributed by atoms with Crippen LogP contribution in [0.5, 0.6) is 0 Å². The highest BCUT2D eigenvalue weighted by Gasteiger charge is 2.20. The lowest BCUT2D eigenvalue weighted by Crippen LogP contribution is -2.34. The Bertz CT molecular complexity index is 585. The molecule has 1 heterocycles. The van der Waals surface area contributed by atoms with E-state index >= 15 is 0 Å². The van der Waals surface area contributed by atoms with Crippen LogP contribution in [0.2, 0.25) is 0 Å². The summed E-state index contributed by atoms with van der Waals surface area (Å²) in [5.74, 6) is 2.29. The first kappa shape index (κ1) is 20.5. The average molecular weight is 343 g/mol. The smallest absolute Gasteiger partial charge is 0.157 e. The molecule has 1 rings (SSSR count). The molecule has 0 saturated carbocycles. The number of nitriles is 2. The molecule has 0 aliphatic rings. The summed E-state index contributed by atoms with van der Waals surface area (Å²) in [5.41, 5.74) is 6.92. The first-order valence-electron chi connectivity index (χ1n) is 8.74. The number of aromatic nitrogens is 2. The van der Waals surface area contributed by atoms with Crippen LogP contribution in [0.4, 0.5) is 17.3 Å². The first-order chi connectivity index (χ1) is 11.9. The molecule has 1 aromatic rings. The highest BCUT2D eigenvalue weighted by molar-refractivity contribution is 5.75. The second kappa shape index (κ2) is 10.4. The highest BCUT2D eigenvalue weighted by Crippen LogP contribution is 2.30. The normalized spacial score (nSPS) is 10.6. The van der Waals surface area contributed by atoms with Gasteiger partial charge in [0.2, 0.25) is 0 Å². The maximum Gasteiger partial charge on any atom is 0.157 e. The summed E-state index contributed by atoms with van der Waals surface area (Å²) in [5, 5.41) is 17.8. The quantitative estimate of drug-likeness (QED) is 0.696. The van der Waals surface area contributed by atoms with Gasteiger partial charge in [0.15, 0.2) is 11.6 Å². The van der Waals surface area contributed by atoms with Crippen molar-refractivity contribution in [2.75, 3.05) is 41.7 Å². The van der Waals surface area contributed by atoms with Gasteiger partial charge in [0.25, 0.3) is 0 Å². The van der Waals surface area contributed by atoms with Crippen LogP contribution in [0.25, 0.3) is 0 Å². The van der Waals surface area contributed by atoms with Crippen molar-refractivity contribution in [3.05, 3.63) is 6.33 Å². The van der Waals surface area contributed by atoms with Gasteiger partial charge in [0.05, 0.1) is 25.0 Å². The Hall–Kier alpha value is -2.54. The van der Waals surface area contributed by atoms with Crippen molar-refractivity contribution in [2.45, 2.75) is 40.5 Å². The number of nitrogen functional groups attached to an aromatic ring is 1. The van der Waals surface area contributed by atoms with E-state index in [0.717, 1.165) is 18.9 Å². The molecular weight excluding hydrogens is 314 g/mol. The van der Waals surface area contributed by atoms with Gasteiger partial charge in [0.1, 0.15) is 12.0 Å². The molecule has 0 aliphatic heterocycles. The molecule has 136 valence electrons. The number of nitrogens with two attached hydrogens (primary N) is 1. The summed E-state index contributed by atoms with van der Waals surface area (Å²) in [6.45, 7) is 11.4. The van der Waals surface area contributed by atoms with Gasteiger partial charge in [-0.3, -0.25) is 0 Å². The van der Waals surface area contributed by atoms with Gasteiger partial charge in [-0.1, -0.05) is 27.7 Å². The third-order valence-corrected chi connectivity index (χ3v) is 3.60. The summed E-state index contributed by atoms with van der Waals surface area (Å²) < 4.78 is 0. The second-order valence-corrected chi connectivity index (χ2v) is 6.93. The molecule has 0 radical (unpaired) electrons. The molecule has 0 fully saturated rings. The maximum atomic E-state index is 8.88. The molecule has 1 aromatic heterocycles. The van der Waals surface area contributed by atoms with Crippen molar-refractivity contribution in [3.8, 4) is 12.1 Å². The van der Waals surface area contributed by atoms with E-state index in [4.69, 9.17) is 16.3 Å². The summed E-state index contributed by atoms with van der Waals surface area (Å²) >= 11 is 0. The van der Waals surface area contributed by atoms with E-state index in [0.29, 0.717) is 49.3 Å². The number of rotatable bonds is 10. The Balaban J connectivity index is 3.19. The Morgan fingerprint density at radius 3 is 1.76 bits per heavy atom. The van der Waals surface area contributed by atoms with E-state index in [9.17, 15) is 0 Å². The predicted molar refractivity (Wildman–Crippen MR) is 101 cm³/mol. The lowest BCUT2D eigenvalue weighted by molar-refractivity contribution is 0.549. The molecule has 0 saturated heterocycles. The molecule has 2 N–H and O–H groups in total. The van der Waals surface area contributed by atoms with Gasteiger partial charge < -0.3 is 15.5 Å². The van der Waals surface area contributed by atoms with Crippen LogP contribution >= 0.6 is 0 Å². The minimum absolute atomic E-state index is 0.353. The Morgan fingerprint density at radius 1 is 0.920 bits per heavy atom. The van der Waals surface area contributed by atoms with Gasteiger partial charge in [-0.15, -0.1) is 0 Å². The number of hydrogen-bond acceptors (Lipinski definition) is 7. The van der Waals surface area contributed by atoms with Crippen molar-refractivity contribution in [1.82, 2.24) is 9.97 Å². The molecule has 0 unspecified atom stereocenters. The van der Waals surface area contributed by atoms with E-state index < -0.39 is 0 Å². The summed E-state index contributed by atoms with van der Waals surface area (Å²) in [6.07, 6.45) is 2.22. The van der Waals surface area contributed by atoms with Crippen molar-refractivity contribution in [2.24, 2.45) is 11.8 Å². The maximum absolute atomic E-state index is 8.88. The van der Waals surface area contributed by atoms with E-state index in [1.54, 1.807) is 0 Å². The fraction of sp³-hybridized carbons (Fsp3) is 0.667. The number of anilines is 3. The highest BCUT2D eigenvalue weighted by atomic mass is 15.3. The fourth-order valence-corrected chi connectivity index (χ4v) is 2.70. The van der Waals surface area contributed by atoms with Crippen LogP contribution in [-0.4, -0.2) is 36.1 Å². The summed E-state index contributed by atoms with van der Waals surface area (Å²) in [7, 11) is 0. The van der Waals surface area contributed by atoms with Crippen LogP contribution in [0, 0.1) is 34.5 Å². The molecule has 7 heteroatoms. The summed E-state index contributed by atoms with van der Waals surface area (Å²) in [6, 6.07) is 4.27. The lowest BCUT2D eigenvalue weighted by Gasteiger charge is -2.30. The largest absolute Gasteiger partial charge is 0.393 e. The zero-order valence-electron chi connectivity index (χ0n) is 15.7. The van der Waals surface area contributed by atoms with E-state index in [1.165, 1.54) is 6.33 Å². The van der Waals surface area contributed by atoms with Crippen LogP contribution in [0.15, 0.2) is 6.33 Å². The fourth-order valence-electron chi connectivity index (χ4n) is 2.70. The Labute approximate surface area is 151 Å². The SMILES string of the molecule is CC(C)CN(CC(C)C)c1ncnc(N(CCC#N)CCC#N)c1N. The number of nitrogens with zero attached hydrogens (tertiary/aromatic N) is 6. The van der Waals surface area contributed by atoms with E-state index in [2.05, 4.69) is 54.7 Å². The van der Waals surface area contributed by atoms with E-state index in [-0.39, 0.29) is 0 Å². The van der Waals surface area contributed by atoms with Crippen molar-refractivity contribution in [3.63, 3.8) is 0 Å². The molecule has 0 aliphatic carbocycles. The topological polar surface area (TPSA) is 106 Å². The third kappa shape index (κ3) is 6.46. The minimum Gasteiger partial charge on any atom is -0.393 e. The van der Waals surface area contributed by atoms with Crippen molar-refractivity contribution < 1.29 is 0 Å². The molecule has 0 spiro atoms. The van der Waals surface area contributed by atoms with Crippen molar-refractivity contribution >= 4 is 17.3 Å². The molecule has 25 heavy (non-hydrogen) atoms. The second-order valence-electron chi connectivity index (χ2n) is 6.93. The summed E-state index contributed by atoms with van der Waals surface area (Å²) in [4.78, 5) is 12.8. The lowest BCUT2D eigenvalue weighted by atomic mass is 10.1. The first-order valence-corrected chi connectivity index (χ1v) is 8.74. The van der Waals surface area contributed by atoms with Gasteiger partial charge in [0, 0.05) is 26.2 Å². The van der Waals surface area contributed by atoms with Crippen LogP contribution < -0.4 is 15.5 Å². The molecular formula is C18H29N7. The van der Waals surface area contributed by atoms with Crippen molar-refractivity contribution in [1.29, 1.82) is 10.5 Å². The van der Waals surface area contributed by atoms with Crippen LogP contribution in [-0.2, 0) is 0 Å². The molecule has 0 amide bonds. The van der Waals surface area contributed by atoms with Gasteiger partial charge in [-0.05, 0) is 11.8 Å². The zero-order valence-corrected chi connectivity index (χ0v) is 15.7. The minimum atomic E-state index is 0.353. The van der Waals surface area contributed by atoms with Gasteiger partial charge >= 0.3 is 0 Å². The molecule has 0 atom stereocenters. The zero-order chi connectivity index (χ0) is 18.8. The van der Waals surface area contributed by atoms with Crippen LogP contribution in [0.1, 0.15) is 40.5 Å². The van der Waals surface area contributed by atoms with Gasteiger partial charge in [-0.2, -0.15) is 10.5 Å². The Morgan fingerprint density at radius 2 is 1.36 bits per heavy atom. The Kier molecular flexibility index (Phi) is 8.49. The molecule has 7 nitrogen and oxygen atoms in total. The third-order valence-electron chi connectivity index (χ3n) is 3.60. The number of hydrogen-bond donors (Lipinski definition) is 1. The molecule has 0 aromatic carbocycles. The standard InChI is InChI=1S/C18H29N7/c1-14(2)11-25(12-15(3)4)18-16(21)17(22-13-23-18)24(9-5-7-19)10-6-8-20/h13-15H,5-6,9-12,21H2,1-4H3. The van der Waals surface area contributed by atoms with E-state index in [1.807, 2.05) is 4.90 Å². The molecule has 0 bridgehead atoms. The van der Waals surface area contributed by atoms with Gasteiger partial charge in [-0.25, -0.2) is 9.97 Å². The monoisotopic (exact) mass is 343 g/mol.